The minimum Gasteiger partial charge on any atom is -0.466 e. The van der Waals surface area contributed by atoms with E-state index in [1.54, 1.807) is 13.0 Å². The summed E-state index contributed by atoms with van der Waals surface area (Å²) in [6.07, 6.45) is 5.25. The smallest absolute Gasteiger partial charge is 0.305 e. The Balaban J connectivity index is 1.49. The molecule has 3 unspecified atom stereocenters. The molecule has 204 valence electrons. The predicted molar refractivity (Wildman–Crippen MR) is 145 cm³/mol. The van der Waals surface area contributed by atoms with Crippen molar-refractivity contribution in [3.8, 4) is 0 Å². The van der Waals surface area contributed by atoms with Crippen molar-refractivity contribution in [2.45, 2.75) is 90.9 Å². The largest absolute Gasteiger partial charge is 0.466 e. The molecule has 2 aromatic carbocycles. The maximum absolute atomic E-state index is 14.0. The van der Waals surface area contributed by atoms with Gasteiger partial charge in [0.25, 0.3) is 0 Å². The molecule has 0 aliphatic carbocycles. The number of likely N-dealkylation sites (tertiary alicyclic amines) is 1. The Kier molecular flexibility index (Phi) is 11.6. The van der Waals surface area contributed by atoms with Crippen molar-refractivity contribution in [2.75, 3.05) is 26.3 Å². The number of benzene rings is 2. The van der Waals surface area contributed by atoms with Crippen LogP contribution in [0.5, 0.6) is 0 Å². The number of esters is 1. The van der Waals surface area contributed by atoms with Gasteiger partial charge in [-0.05, 0) is 101 Å². The summed E-state index contributed by atoms with van der Waals surface area (Å²) in [6, 6.07) is 12.2. The first-order chi connectivity index (χ1) is 17.8. The van der Waals surface area contributed by atoms with Crippen LogP contribution in [0.2, 0.25) is 0 Å². The van der Waals surface area contributed by atoms with E-state index in [1.165, 1.54) is 11.1 Å². The number of rotatable bonds is 14. The third-order valence-electron chi connectivity index (χ3n) is 7.31. The second-order valence-corrected chi connectivity index (χ2v) is 10.4. The summed E-state index contributed by atoms with van der Waals surface area (Å²) in [7, 11) is 0. The Morgan fingerprint density at radius 1 is 1.19 bits per heavy atom. The Hall–Kier alpha value is -2.28. The Morgan fingerprint density at radius 2 is 2.00 bits per heavy atom. The number of hydrogen-bond donors (Lipinski definition) is 1. The highest BCUT2D eigenvalue weighted by Crippen LogP contribution is 2.26. The number of hydrogen-bond acceptors (Lipinski definition) is 5. The van der Waals surface area contributed by atoms with Crippen LogP contribution in [-0.4, -0.2) is 54.4 Å². The quantitative estimate of drug-likeness (QED) is 0.253. The number of ether oxygens (including phenoxy) is 2. The molecule has 0 radical (unpaired) electrons. The van der Waals surface area contributed by atoms with Gasteiger partial charge in [-0.2, -0.15) is 0 Å². The van der Waals surface area contributed by atoms with Gasteiger partial charge in [0.2, 0.25) is 0 Å². The van der Waals surface area contributed by atoms with Gasteiger partial charge >= 0.3 is 5.97 Å². The van der Waals surface area contributed by atoms with Crippen LogP contribution in [0.4, 0.5) is 4.39 Å². The van der Waals surface area contributed by atoms with Gasteiger partial charge in [-0.3, -0.25) is 9.69 Å². The minimum atomic E-state index is -0.587. The number of halogens is 1. The first-order valence-corrected chi connectivity index (χ1v) is 13.8. The molecule has 0 aromatic heterocycles. The summed E-state index contributed by atoms with van der Waals surface area (Å²) in [5.41, 5.74) is 5.24. The Morgan fingerprint density at radius 3 is 2.76 bits per heavy atom. The highest BCUT2D eigenvalue weighted by Gasteiger charge is 2.27. The zero-order valence-corrected chi connectivity index (χ0v) is 23.0. The van der Waals surface area contributed by atoms with Crippen molar-refractivity contribution in [3.05, 3.63) is 70.0 Å². The maximum atomic E-state index is 14.0. The first-order valence-electron chi connectivity index (χ1n) is 13.8. The molecule has 1 saturated heterocycles. The van der Waals surface area contributed by atoms with Gasteiger partial charge in [-0.25, -0.2) is 4.39 Å². The van der Waals surface area contributed by atoms with Crippen molar-refractivity contribution in [3.63, 3.8) is 0 Å². The number of nitrogens with zero attached hydrogens (tertiary/aromatic N) is 1. The van der Waals surface area contributed by atoms with Gasteiger partial charge in [0.1, 0.15) is 5.82 Å². The highest BCUT2D eigenvalue weighted by molar-refractivity contribution is 5.69. The third-order valence-corrected chi connectivity index (χ3v) is 7.31. The van der Waals surface area contributed by atoms with Crippen LogP contribution in [-0.2, 0) is 27.1 Å². The molecule has 6 heteroatoms. The minimum absolute atomic E-state index is 0.135. The molecular weight excluding hydrogens is 469 g/mol. The molecule has 0 saturated carbocycles. The summed E-state index contributed by atoms with van der Waals surface area (Å²) in [4.78, 5) is 13.9. The molecule has 3 atom stereocenters. The SMILES string of the molecule is CCOC(=O)CCCCc1cc(C)ccc1C(C)OCC(O)CN1CCCC1Cc1ccc(C)c(F)c1. The number of aryl methyl sites for hydroxylation is 3. The van der Waals surface area contributed by atoms with E-state index in [4.69, 9.17) is 9.47 Å². The maximum Gasteiger partial charge on any atom is 0.305 e. The fraction of sp³-hybridized carbons (Fsp3) is 0.581. The second-order valence-electron chi connectivity index (χ2n) is 10.4. The molecule has 0 amide bonds. The monoisotopic (exact) mass is 513 g/mol. The number of carbonyl (C=O) groups is 1. The van der Waals surface area contributed by atoms with Crippen molar-refractivity contribution in [2.24, 2.45) is 0 Å². The van der Waals surface area contributed by atoms with Gasteiger partial charge < -0.3 is 14.6 Å². The van der Waals surface area contributed by atoms with Crippen molar-refractivity contribution >= 4 is 5.97 Å². The molecule has 1 fully saturated rings. The van der Waals surface area contributed by atoms with Crippen LogP contribution >= 0.6 is 0 Å². The molecule has 1 aliphatic rings. The normalized spacial score (nSPS) is 17.6. The standard InChI is InChI=1S/C31H44FNO4/c1-5-36-31(35)11-7-6-9-26-17-22(2)12-15-29(26)24(4)37-21-28(34)20-33-16-8-10-27(33)18-25-14-13-23(3)30(32)19-25/h12-15,17,19,24,27-28,34H,5-11,16,18,20-21H2,1-4H3. The number of unbranched alkanes of at least 4 members (excludes halogenated alkanes) is 1. The van der Waals surface area contributed by atoms with E-state index >= 15 is 0 Å². The van der Waals surface area contributed by atoms with E-state index in [2.05, 4.69) is 30.0 Å². The number of aliphatic hydroxyl groups excluding tert-OH is 1. The van der Waals surface area contributed by atoms with Crippen LogP contribution in [0.15, 0.2) is 36.4 Å². The topological polar surface area (TPSA) is 59.0 Å². The van der Waals surface area contributed by atoms with Gasteiger partial charge in [0, 0.05) is 19.0 Å². The summed E-state index contributed by atoms with van der Waals surface area (Å²) in [5, 5.41) is 10.8. The van der Waals surface area contributed by atoms with E-state index in [-0.39, 0.29) is 24.5 Å². The molecule has 2 aromatic rings. The van der Waals surface area contributed by atoms with Crippen LogP contribution < -0.4 is 0 Å². The average molecular weight is 514 g/mol. The molecule has 37 heavy (non-hydrogen) atoms. The zero-order chi connectivity index (χ0) is 26.8. The lowest BCUT2D eigenvalue weighted by atomic mass is 9.96. The summed E-state index contributed by atoms with van der Waals surface area (Å²) < 4.78 is 25.1. The molecule has 0 bridgehead atoms. The first kappa shape index (κ1) is 29.3. The number of aliphatic hydroxyl groups is 1. The summed E-state index contributed by atoms with van der Waals surface area (Å²) in [5.74, 6) is -0.289. The lowest BCUT2D eigenvalue weighted by molar-refractivity contribution is -0.143. The zero-order valence-electron chi connectivity index (χ0n) is 23.0. The molecular formula is C31H44FNO4. The van der Waals surface area contributed by atoms with E-state index in [1.807, 2.05) is 26.0 Å². The van der Waals surface area contributed by atoms with Crippen LogP contribution in [0.25, 0.3) is 0 Å². The number of β-amino-alcohol motifs (C(OH)–C–C–N with tert-alkyl or cyclic N) is 1. The van der Waals surface area contributed by atoms with Crippen LogP contribution in [0, 0.1) is 19.7 Å². The average Bonchev–Trinajstić information content (AvgIpc) is 3.29. The molecule has 3 rings (SSSR count). The van der Waals surface area contributed by atoms with Crippen LogP contribution in [0.3, 0.4) is 0 Å². The molecule has 1 heterocycles. The lowest BCUT2D eigenvalue weighted by Crippen LogP contribution is -2.39. The fourth-order valence-electron chi connectivity index (χ4n) is 5.24. The van der Waals surface area contributed by atoms with E-state index in [0.29, 0.717) is 31.2 Å². The van der Waals surface area contributed by atoms with Crippen molar-refractivity contribution < 1.29 is 23.8 Å². The second kappa shape index (κ2) is 14.6. The van der Waals surface area contributed by atoms with Gasteiger partial charge in [0.15, 0.2) is 0 Å². The molecule has 1 N–H and O–H groups in total. The molecule has 0 spiro atoms. The Labute approximate surface area is 222 Å². The number of carbonyl (C=O) groups excluding carboxylic acids is 1. The van der Waals surface area contributed by atoms with Gasteiger partial charge in [-0.1, -0.05) is 35.9 Å². The van der Waals surface area contributed by atoms with E-state index in [0.717, 1.165) is 56.2 Å². The van der Waals surface area contributed by atoms with Gasteiger partial charge in [-0.15, -0.1) is 0 Å². The van der Waals surface area contributed by atoms with E-state index < -0.39 is 6.10 Å². The molecule has 5 nitrogen and oxygen atoms in total. The molecule has 1 aliphatic heterocycles. The Bertz CT molecular complexity index is 1010. The van der Waals surface area contributed by atoms with Crippen molar-refractivity contribution in [1.82, 2.24) is 4.90 Å². The lowest BCUT2D eigenvalue weighted by Gasteiger charge is -2.28. The predicted octanol–water partition coefficient (Wildman–Crippen LogP) is 5.86. The van der Waals surface area contributed by atoms with Gasteiger partial charge in [0.05, 0.1) is 25.4 Å². The summed E-state index contributed by atoms with van der Waals surface area (Å²) >= 11 is 0. The fourth-order valence-corrected chi connectivity index (χ4v) is 5.24. The van der Waals surface area contributed by atoms with Crippen molar-refractivity contribution in [1.29, 1.82) is 0 Å². The highest BCUT2D eigenvalue weighted by atomic mass is 19.1. The third kappa shape index (κ3) is 9.20. The van der Waals surface area contributed by atoms with Crippen LogP contribution in [0.1, 0.15) is 79.9 Å². The summed E-state index contributed by atoms with van der Waals surface area (Å²) in [6.45, 7) is 9.91. The van der Waals surface area contributed by atoms with E-state index in [9.17, 15) is 14.3 Å².